The van der Waals surface area contributed by atoms with E-state index >= 15 is 0 Å². The SMILES string of the molecule is CCOC(=O)c1cc2cccc(C=O)c2n1COCC[Si](C)(C)C. The van der Waals surface area contributed by atoms with E-state index in [1.54, 1.807) is 29.7 Å². The summed E-state index contributed by atoms with van der Waals surface area (Å²) in [7, 11) is -1.18. The zero-order chi connectivity index (χ0) is 17.7. The summed E-state index contributed by atoms with van der Waals surface area (Å²) in [5.74, 6) is -0.403. The summed E-state index contributed by atoms with van der Waals surface area (Å²) in [6.45, 7) is 9.80. The van der Waals surface area contributed by atoms with Crippen molar-refractivity contribution in [1.82, 2.24) is 4.57 Å². The number of fused-ring (bicyclic) bond motifs is 1. The van der Waals surface area contributed by atoms with Crippen molar-refractivity contribution in [3.8, 4) is 0 Å². The molecule has 0 fully saturated rings. The van der Waals surface area contributed by atoms with Crippen LogP contribution in [0.15, 0.2) is 24.3 Å². The minimum Gasteiger partial charge on any atom is -0.461 e. The van der Waals surface area contributed by atoms with Crippen molar-refractivity contribution >= 4 is 31.2 Å². The lowest BCUT2D eigenvalue weighted by Crippen LogP contribution is -2.22. The maximum Gasteiger partial charge on any atom is 0.355 e. The minimum atomic E-state index is -1.18. The summed E-state index contributed by atoms with van der Waals surface area (Å²) in [6, 6.07) is 8.22. The minimum absolute atomic E-state index is 0.229. The molecule has 2 rings (SSSR count). The van der Waals surface area contributed by atoms with Crippen LogP contribution in [0.5, 0.6) is 0 Å². The third kappa shape index (κ3) is 4.33. The fraction of sp³-hybridized carbons (Fsp3) is 0.444. The van der Waals surface area contributed by atoms with Crippen LogP contribution in [0.1, 0.15) is 27.8 Å². The number of rotatable bonds is 8. The molecule has 1 aromatic carbocycles. The Kier molecular flexibility index (Phi) is 5.96. The molecule has 0 atom stereocenters. The Bertz CT molecular complexity index is 730. The van der Waals surface area contributed by atoms with Crippen molar-refractivity contribution in [1.29, 1.82) is 0 Å². The normalized spacial score (nSPS) is 11.7. The van der Waals surface area contributed by atoms with Gasteiger partial charge in [-0.05, 0) is 25.1 Å². The number of aldehydes is 1. The van der Waals surface area contributed by atoms with E-state index in [4.69, 9.17) is 9.47 Å². The zero-order valence-electron chi connectivity index (χ0n) is 14.8. The Labute approximate surface area is 143 Å². The predicted octanol–water partition coefficient (Wildman–Crippen LogP) is 3.94. The molecule has 0 spiro atoms. The molecule has 130 valence electrons. The standard InChI is InChI=1S/C18H25NO4Si/c1-5-23-18(21)16-11-14-7-6-8-15(12-20)17(14)19(16)13-22-9-10-24(2,3)4/h6-8,11-12H,5,9-10,13H2,1-4H3. The summed E-state index contributed by atoms with van der Waals surface area (Å²) >= 11 is 0. The van der Waals surface area contributed by atoms with Gasteiger partial charge in [-0.25, -0.2) is 4.79 Å². The molecule has 24 heavy (non-hydrogen) atoms. The number of benzene rings is 1. The highest BCUT2D eigenvalue weighted by Gasteiger charge is 2.19. The van der Waals surface area contributed by atoms with Gasteiger partial charge in [0, 0.05) is 25.6 Å². The highest BCUT2D eigenvalue weighted by atomic mass is 28.3. The molecule has 0 N–H and O–H groups in total. The summed E-state index contributed by atoms with van der Waals surface area (Å²) in [6.07, 6.45) is 0.801. The first-order valence-electron chi connectivity index (χ1n) is 8.19. The second-order valence-corrected chi connectivity index (χ2v) is 12.6. The van der Waals surface area contributed by atoms with Gasteiger partial charge in [-0.2, -0.15) is 0 Å². The van der Waals surface area contributed by atoms with Crippen LogP contribution < -0.4 is 0 Å². The van der Waals surface area contributed by atoms with Crippen molar-refractivity contribution in [3.63, 3.8) is 0 Å². The number of hydrogen-bond acceptors (Lipinski definition) is 4. The molecule has 1 aromatic heterocycles. The fourth-order valence-electron chi connectivity index (χ4n) is 2.49. The quantitative estimate of drug-likeness (QED) is 0.314. The number of ether oxygens (including phenoxy) is 2. The molecular formula is C18H25NO4Si. The van der Waals surface area contributed by atoms with E-state index in [1.165, 1.54) is 0 Å². The number of carbonyl (C=O) groups is 2. The molecular weight excluding hydrogens is 322 g/mol. The van der Waals surface area contributed by atoms with Crippen molar-refractivity contribution in [2.45, 2.75) is 39.3 Å². The average molecular weight is 347 g/mol. The topological polar surface area (TPSA) is 57.5 Å². The van der Waals surface area contributed by atoms with Gasteiger partial charge >= 0.3 is 5.97 Å². The van der Waals surface area contributed by atoms with Crippen molar-refractivity contribution in [2.75, 3.05) is 13.2 Å². The smallest absolute Gasteiger partial charge is 0.355 e. The predicted molar refractivity (Wildman–Crippen MR) is 97.4 cm³/mol. The lowest BCUT2D eigenvalue weighted by Gasteiger charge is -2.17. The second-order valence-electron chi connectivity index (χ2n) is 6.93. The molecule has 0 saturated heterocycles. The van der Waals surface area contributed by atoms with E-state index in [-0.39, 0.29) is 6.73 Å². The number of nitrogens with zero attached hydrogens (tertiary/aromatic N) is 1. The van der Waals surface area contributed by atoms with Crippen LogP contribution in [0.3, 0.4) is 0 Å². The maximum absolute atomic E-state index is 12.2. The molecule has 1 heterocycles. The summed E-state index contributed by atoms with van der Waals surface area (Å²) in [4.78, 5) is 23.6. The molecule has 0 bridgehead atoms. The molecule has 0 aliphatic carbocycles. The molecule has 0 unspecified atom stereocenters. The number of aromatic nitrogens is 1. The largest absolute Gasteiger partial charge is 0.461 e. The van der Waals surface area contributed by atoms with E-state index in [0.717, 1.165) is 17.7 Å². The van der Waals surface area contributed by atoms with Gasteiger partial charge in [0.15, 0.2) is 6.29 Å². The second kappa shape index (κ2) is 7.77. The summed E-state index contributed by atoms with van der Waals surface area (Å²) in [5.41, 5.74) is 1.66. The Morgan fingerprint density at radius 3 is 2.67 bits per heavy atom. The van der Waals surface area contributed by atoms with E-state index < -0.39 is 14.0 Å². The molecule has 6 heteroatoms. The molecule has 2 aromatic rings. The van der Waals surface area contributed by atoms with Gasteiger partial charge in [0.2, 0.25) is 0 Å². The lowest BCUT2D eigenvalue weighted by atomic mass is 10.1. The lowest BCUT2D eigenvalue weighted by molar-refractivity contribution is 0.0477. The Balaban J connectivity index is 2.34. The monoisotopic (exact) mass is 347 g/mol. The van der Waals surface area contributed by atoms with E-state index in [2.05, 4.69) is 19.6 Å². The first kappa shape index (κ1) is 18.4. The third-order valence-electron chi connectivity index (χ3n) is 3.78. The van der Waals surface area contributed by atoms with Crippen LogP contribution in [0, 0.1) is 0 Å². The first-order valence-corrected chi connectivity index (χ1v) is 11.9. The third-order valence-corrected chi connectivity index (χ3v) is 5.48. The van der Waals surface area contributed by atoms with Gasteiger partial charge < -0.3 is 14.0 Å². The van der Waals surface area contributed by atoms with E-state index in [0.29, 0.717) is 30.0 Å². The Hall–Kier alpha value is -1.92. The summed E-state index contributed by atoms with van der Waals surface area (Å²) in [5, 5.41) is 0.830. The van der Waals surface area contributed by atoms with Gasteiger partial charge in [0.05, 0.1) is 12.1 Å². The zero-order valence-corrected chi connectivity index (χ0v) is 15.8. The van der Waals surface area contributed by atoms with Crippen LogP contribution >= 0.6 is 0 Å². The number of carbonyl (C=O) groups excluding carboxylic acids is 2. The number of esters is 1. The highest BCUT2D eigenvalue weighted by molar-refractivity contribution is 6.76. The van der Waals surface area contributed by atoms with Gasteiger partial charge in [-0.3, -0.25) is 4.79 Å². The molecule has 0 aliphatic rings. The molecule has 5 nitrogen and oxygen atoms in total. The highest BCUT2D eigenvalue weighted by Crippen LogP contribution is 2.24. The Morgan fingerprint density at radius 1 is 1.29 bits per heavy atom. The molecule has 0 saturated carbocycles. The maximum atomic E-state index is 12.2. The van der Waals surface area contributed by atoms with Crippen molar-refractivity contribution in [3.05, 3.63) is 35.5 Å². The van der Waals surface area contributed by atoms with Crippen molar-refractivity contribution < 1.29 is 19.1 Å². The van der Waals surface area contributed by atoms with Gasteiger partial charge in [-0.1, -0.05) is 31.8 Å². The van der Waals surface area contributed by atoms with Crippen LogP contribution in [-0.2, 0) is 16.2 Å². The van der Waals surface area contributed by atoms with E-state index in [1.807, 2.05) is 6.07 Å². The molecule has 0 radical (unpaired) electrons. The van der Waals surface area contributed by atoms with Crippen LogP contribution in [0.4, 0.5) is 0 Å². The molecule has 0 aliphatic heterocycles. The van der Waals surface area contributed by atoms with Gasteiger partial charge in [-0.15, -0.1) is 0 Å². The van der Waals surface area contributed by atoms with Crippen molar-refractivity contribution in [2.24, 2.45) is 0 Å². The molecule has 0 amide bonds. The first-order chi connectivity index (χ1) is 11.4. The number of hydrogen-bond donors (Lipinski definition) is 0. The summed E-state index contributed by atoms with van der Waals surface area (Å²) < 4.78 is 12.7. The Morgan fingerprint density at radius 2 is 2.04 bits per heavy atom. The van der Waals surface area contributed by atoms with E-state index in [9.17, 15) is 9.59 Å². The van der Waals surface area contributed by atoms with Crippen LogP contribution in [-0.4, -0.2) is 38.1 Å². The van der Waals surface area contributed by atoms with Gasteiger partial charge in [0.1, 0.15) is 12.4 Å². The van der Waals surface area contributed by atoms with Gasteiger partial charge in [0.25, 0.3) is 0 Å². The van der Waals surface area contributed by atoms with Crippen LogP contribution in [0.2, 0.25) is 25.7 Å². The number of para-hydroxylation sites is 1. The van der Waals surface area contributed by atoms with Crippen LogP contribution in [0.25, 0.3) is 10.9 Å². The average Bonchev–Trinajstić information content (AvgIpc) is 2.89. The fourth-order valence-corrected chi connectivity index (χ4v) is 3.25.